The summed E-state index contributed by atoms with van der Waals surface area (Å²) in [6.45, 7) is 1.39. The van der Waals surface area contributed by atoms with Crippen LogP contribution in [0.4, 0.5) is 8.78 Å². The summed E-state index contributed by atoms with van der Waals surface area (Å²) in [5.41, 5.74) is 1.78. The number of benzene rings is 2. The third-order valence-electron chi connectivity index (χ3n) is 4.48. The molecule has 0 aliphatic rings. The van der Waals surface area contributed by atoms with Crippen molar-refractivity contribution in [3.8, 4) is 5.75 Å². The lowest BCUT2D eigenvalue weighted by Gasteiger charge is -2.18. The van der Waals surface area contributed by atoms with Crippen LogP contribution in [-0.4, -0.2) is 39.4 Å². The Kier molecular flexibility index (Phi) is 8.31. The molecule has 0 aliphatic carbocycles. The van der Waals surface area contributed by atoms with E-state index >= 15 is 0 Å². The van der Waals surface area contributed by atoms with Crippen molar-refractivity contribution in [2.75, 3.05) is 13.6 Å². The van der Waals surface area contributed by atoms with Crippen LogP contribution in [0.1, 0.15) is 37.3 Å². The normalized spacial score (nSPS) is 11.7. The minimum absolute atomic E-state index is 0.00755. The SMILES string of the molecule is CC(C)c1ccc(S(=O)(=O)NCCC(=O)N(C)Cc2ccc(OC(F)F)cc2)cc1. The monoisotopic (exact) mass is 440 g/mol. The molecule has 0 spiro atoms. The van der Waals surface area contributed by atoms with Gasteiger partial charge in [-0.15, -0.1) is 0 Å². The number of alkyl halides is 2. The van der Waals surface area contributed by atoms with E-state index < -0.39 is 16.6 Å². The van der Waals surface area contributed by atoms with Gasteiger partial charge in [-0.3, -0.25) is 4.79 Å². The zero-order valence-electron chi connectivity index (χ0n) is 17.1. The van der Waals surface area contributed by atoms with Gasteiger partial charge in [-0.1, -0.05) is 38.1 Å². The number of hydrogen-bond acceptors (Lipinski definition) is 4. The van der Waals surface area contributed by atoms with Crippen LogP contribution in [0, 0.1) is 0 Å². The number of ether oxygens (including phenoxy) is 1. The molecule has 0 bridgehead atoms. The molecule has 6 nitrogen and oxygen atoms in total. The van der Waals surface area contributed by atoms with Crippen molar-refractivity contribution in [1.29, 1.82) is 0 Å². The van der Waals surface area contributed by atoms with E-state index in [2.05, 4.69) is 9.46 Å². The molecular weight excluding hydrogens is 414 g/mol. The van der Waals surface area contributed by atoms with Gasteiger partial charge in [-0.2, -0.15) is 8.78 Å². The van der Waals surface area contributed by atoms with Crippen LogP contribution in [0.3, 0.4) is 0 Å². The molecule has 2 aromatic rings. The molecule has 0 saturated carbocycles. The number of sulfonamides is 1. The first-order valence-electron chi connectivity index (χ1n) is 9.46. The molecule has 1 N–H and O–H groups in total. The maximum Gasteiger partial charge on any atom is 0.387 e. The number of halogens is 2. The van der Waals surface area contributed by atoms with Crippen molar-refractivity contribution in [1.82, 2.24) is 9.62 Å². The minimum Gasteiger partial charge on any atom is -0.435 e. The Morgan fingerprint density at radius 3 is 2.20 bits per heavy atom. The maximum atomic E-state index is 12.4. The van der Waals surface area contributed by atoms with Crippen LogP contribution in [0.25, 0.3) is 0 Å². The van der Waals surface area contributed by atoms with E-state index in [4.69, 9.17) is 0 Å². The summed E-state index contributed by atoms with van der Waals surface area (Å²) >= 11 is 0. The topological polar surface area (TPSA) is 75.7 Å². The molecule has 2 aromatic carbocycles. The van der Waals surface area contributed by atoms with Crippen LogP contribution < -0.4 is 9.46 Å². The van der Waals surface area contributed by atoms with Gasteiger partial charge in [0.2, 0.25) is 15.9 Å². The van der Waals surface area contributed by atoms with Gasteiger partial charge < -0.3 is 9.64 Å². The molecule has 1 amide bonds. The zero-order valence-corrected chi connectivity index (χ0v) is 18.0. The predicted octanol–water partition coefficient (Wildman–Crippen LogP) is 3.74. The summed E-state index contributed by atoms with van der Waals surface area (Å²) in [5.74, 6) is 0.0928. The number of nitrogens with zero attached hydrogens (tertiary/aromatic N) is 1. The number of nitrogens with one attached hydrogen (secondary N) is 1. The van der Waals surface area contributed by atoms with Gasteiger partial charge in [0, 0.05) is 26.6 Å². The Bertz CT molecular complexity index is 930. The molecule has 0 aliphatic heterocycles. The highest BCUT2D eigenvalue weighted by Gasteiger charge is 2.16. The largest absolute Gasteiger partial charge is 0.435 e. The van der Waals surface area contributed by atoms with E-state index in [0.717, 1.165) is 11.1 Å². The molecular formula is C21H26F2N2O4S. The van der Waals surface area contributed by atoms with E-state index in [1.165, 1.54) is 17.0 Å². The average Bonchev–Trinajstić information content (AvgIpc) is 2.69. The lowest BCUT2D eigenvalue weighted by molar-refractivity contribution is -0.130. The van der Waals surface area contributed by atoms with Gasteiger partial charge in [0.05, 0.1) is 4.90 Å². The van der Waals surface area contributed by atoms with Gasteiger partial charge in [0.15, 0.2) is 0 Å². The molecule has 0 heterocycles. The highest BCUT2D eigenvalue weighted by Crippen LogP contribution is 2.18. The number of carbonyl (C=O) groups is 1. The van der Waals surface area contributed by atoms with Gasteiger partial charge in [-0.05, 0) is 41.3 Å². The summed E-state index contributed by atoms with van der Waals surface area (Å²) in [4.78, 5) is 13.9. The quantitative estimate of drug-likeness (QED) is 0.611. The van der Waals surface area contributed by atoms with Gasteiger partial charge in [0.25, 0.3) is 0 Å². The first-order chi connectivity index (χ1) is 14.1. The standard InChI is InChI=1S/C21H26F2N2O4S/c1-15(2)17-6-10-19(11-7-17)30(27,28)24-13-12-20(26)25(3)14-16-4-8-18(9-5-16)29-21(22)23/h4-11,15,21,24H,12-14H2,1-3H3. The molecule has 164 valence electrons. The molecule has 0 radical (unpaired) electrons. The van der Waals surface area contributed by atoms with Gasteiger partial charge >= 0.3 is 6.61 Å². The summed E-state index contributed by atoms with van der Waals surface area (Å²) in [5, 5.41) is 0. The second kappa shape index (κ2) is 10.5. The van der Waals surface area contributed by atoms with E-state index in [1.807, 2.05) is 13.8 Å². The summed E-state index contributed by atoms with van der Waals surface area (Å²) < 4.78 is 55.8. The lowest BCUT2D eigenvalue weighted by Crippen LogP contribution is -2.32. The van der Waals surface area contributed by atoms with E-state index in [-0.39, 0.29) is 36.1 Å². The first-order valence-corrected chi connectivity index (χ1v) is 10.9. The van der Waals surface area contributed by atoms with E-state index in [1.54, 1.807) is 43.4 Å². The summed E-state index contributed by atoms with van der Waals surface area (Å²) in [6, 6.07) is 12.6. The number of amides is 1. The number of hydrogen-bond donors (Lipinski definition) is 1. The smallest absolute Gasteiger partial charge is 0.387 e. The maximum absolute atomic E-state index is 12.4. The van der Waals surface area contributed by atoms with Crippen LogP contribution in [0.2, 0.25) is 0 Å². The van der Waals surface area contributed by atoms with Crippen molar-refractivity contribution in [2.24, 2.45) is 0 Å². The minimum atomic E-state index is -3.69. The Morgan fingerprint density at radius 2 is 1.67 bits per heavy atom. The molecule has 9 heteroatoms. The van der Waals surface area contributed by atoms with E-state index in [0.29, 0.717) is 5.92 Å². The molecule has 2 rings (SSSR count). The lowest BCUT2D eigenvalue weighted by atomic mass is 10.0. The fraction of sp³-hybridized carbons (Fsp3) is 0.381. The van der Waals surface area contributed by atoms with Crippen molar-refractivity contribution in [3.63, 3.8) is 0 Å². The molecule has 0 saturated heterocycles. The second-order valence-corrected chi connectivity index (χ2v) is 8.91. The molecule has 0 aromatic heterocycles. The zero-order chi connectivity index (χ0) is 22.3. The fourth-order valence-electron chi connectivity index (χ4n) is 2.74. The van der Waals surface area contributed by atoms with Crippen LogP contribution in [0.15, 0.2) is 53.4 Å². The third-order valence-corrected chi connectivity index (χ3v) is 5.96. The summed E-state index contributed by atoms with van der Waals surface area (Å²) in [7, 11) is -2.11. The van der Waals surface area contributed by atoms with Crippen molar-refractivity contribution >= 4 is 15.9 Å². The van der Waals surface area contributed by atoms with Gasteiger partial charge in [0.1, 0.15) is 5.75 Å². The third kappa shape index (κ3) is 7.07. The highest BCUT2D eigenvalue weighted by molar-refractivity contribution is 7.89. The van der Waals surface area contributed by atoms with Crippen LogP contribution in [0.5, 0.6) is 5.75 Å². The predicted molar refractivity (Wildman–Crippen MR) is 110 cm³/mol. The fourth-order valence-corrected chi connectivity index (χ4v) is 3.77. The van der Waals surface area contributed by atoms with E-state index in [9.17, 15) is 22.0 Å². The van der Waals surface area contributed by atoms with Crippen molar-refractivity contribution in [3.05, 3.63) is 59.7 Å². The molecule has 0 fully saturated rings. The van der Waals surface area contributed by atoms with Crippen molar-refractivity contribution < 1.29 is 26.7 Å². The second-order valence-electron chi connectivity index (χ2n) is 7.14. The first kappa shape index (κ1) is 23.8. The summed E-state index contributed by atoms with van der Waals surface area (Å²) in [6.07, 6.45) is -0.00755. The molecule has 0 atom stereocenters. The number of rotatable bonds is 10. The Balaban J connectivity index is 1.84. The van der Waals surface area contributed by atoms with Crippen LogP contribution >= 0.6 is 0 Å². The highest BCUT2D eigenvalue weighted by atomic mass is 32.2. The average molecular weight is 441 g/mol. The van der Waals surface area contributed by atoms with Crippen molar-refractivity contribution in [2.45, 2.75) is 44.2 Å². The Hall–Kier alpha value is -2.52. The Labute approximate surface area is 175 Å². The molecule has 30 heavy (non-hydrogen) atoms. The van der Waals surface area contributed by atoms with Gasteiger partial charge in [-0.25, -0.2) is 13.1 Å². The molecule has 0 unspecified atom stereocenters. The van der Waals surface area contributed by atoms with Crippen LogP contribution in [-0.2, 0) is 21.4 Å². The number of carbonyl (C=O) groups excluding carboxylic acids is 1. The Morgan fingerprint density at radius 1 is 1.07 bits per heavy atom.